The number of hydrogen-bond acceptors (Lipinski definition) is 5. The van der Waals surface area contributed by atoms with Crippen molar-refractivity contribution in [3.63, 3.8) is 0 Å². The summed E-state index contributed by atoms with van der Waals surface area (Å²) in [6.07, 6.45) is 8.46. The van der Waals surface area contributed by atoms with Crippen LogP contribution in [0, 0.1) is 0 Å². The highest BCUT2D eigenvalue weighted by Crippen LogP contribution is 2.46. The van der Waals surface area contributed by atoms with Crippen LogP contribution in [-0.4, -0.2) is 59.6 Å². The van der Waals surface area contributed by atoms with Gasteiger partial charge in [0.15, 0.2) is 0 Å². The topological polar surface area (TPSA) is 66.9 Å². The first-order valence-electron chi connectivity index (χ1n) is 9.32. The van der Waals surface area contributed by atoms with Crippen LogP contribution in [0.15, 0.2) is 48.4 Å². The Morgan fingerprint density at radius 3 is 2.32 bits per heavy atom. The second kappa shape index (κ2) is 8.88. The standard InChI is InChI=1S/C20H30N2O4S2/c1-6-8-10-17(9-7-2)28(24,25)22-15-16-27-20(22)11-13-21(14-12-20)18(23)26-19(3,4)5/h6-10H,1-2,11-16H2,3-5H3/b10-8-,17-9+. The van der Waals surface area contributed by atoms with Gasteiger partial charge in [-0.2, -0.15) is 4.31 Å². The molecule has 0 radical (unpaired) electrons. The highest BCUT2D eigenvalue weighted by atomic mass is 32.2. The molecule has 2 fully saturated rings. The Balaban J connectivity index is 2.20. The van der Waals surface area contributed by atoms with Gasteiger partial charge in [0.05, 0.1) is 9.78 Å². The van der Waals surface area contributed by atoms with Crippen molar-refractivity contribution in [2.24, 2.45) is 0 Å². The van der Waals surface area contributed by atoms with E-state index in [-0.39, 0.29) is 11.0 Å². The largest absolute Gasteiger partial charge is 0.444 e. The van der Waals surface area contributed by atoms with Crippen molar-refractivity contribution >= 4 is 27.9 Å². The summed E-state index contributed by atoms with van der Waals surface area (Å²) in [4.78, 5) is 13.7. The molecule has 8 heteroatoms. The molecule has 0 aliphatic carbocycles. The third kappa shape index (κ3) is 5.10. The number of likely N-dealkylation sites (tertiary alicyclic amines) is 1. The molecule has 2 saturated heterocycles. The Morgan fingerprint density at radius 2 is 1.79 bits per heavy atom. The van der Waals surface area contributed by atoms with Crippen molar-refractivity contribution in [2.45, 2.75) is 44.1 Å². The summed E-state index contributed by atoms with van der Waals surface area (Å²) in [5.41, 5.74) is -0.550. The lowest BCUT2D eigenvalue weighted by molar-refractivity contribution is 0.0167. The van der Waals surface area contributed by atoms with Gasteiger partial charge >= 0.3 is 6.09 Å². The number of nitrogens with zero attached hydrogens (tertiary/aromatic N) is 2. The maximum atomic E-state index is 13.3. The zero-order chi connectivity index (χ0) is 21.0. The number of sulfonamides is 1. The van der Waals surface area contributed by atoms with Crippen LogP contribution in [0.5, 0.6) is 0 Å². The zero-order valence-corrected chi connectivity index (χ0v) is 18.5. The molecule has 0 atom stereocenters. The molecule has 0 aromatic carbocycles. The van der Waals surface area contributed by atoms with Crippen LogP contribution in [0.2, 0.25) is 0 Å². The second-order valence-electron chi connectivity index (χ2n) is 7.74. The number of ether oxygens (including phenoxy) is 1. The predicted molar refractivity (Wildman–Crippen MR) is 115 cm³/mol. The molecule has 2 rings (SSSR count). The Labute approximate surface area is 173 Å². The van der Waals surface area contributed by atoms with Crippen LogP contribution in [0.1, 0.15) is 33.6 Å². The molecular formula is C20H30N2O4S2. The summed E-state index contributed by atoms with van der Waals surface area (Å²) in [7, 11) is -3.68. The maximum absolute atomic E-state index is 13.3. The smallest absolute Gasteiger partial charge is 0.410 e. The predicted octanol–water partition coefficient (Wildman–Crippen LogP) is 3.90. The normalized spacial score (nSPS) is 21.2. The molecule has 0 N–H and O–H groups in total. The molecule has 0 bridgehead atoms. The highest BCUT2D eigenvalue weighted by molar-refractivity contribution is 8.02. The molecule has 2 heterocycles. The first-order valence-corrected chi connectivity index (χ1v) is 11.7. The first-order chi connectivity index (χ1) is 13.1. The molecule has 0 aromatic heterocycles. The van der Waals surface area contributed by atoms with E-state index in [1.165, 1.54) is 18.2 Å². The number of allylic oxidation sites excluding steroid dienone is 5. The van der Waals surface area contributed by atoms with Crippen molar-refractivity contribution in [3.8, 4) is 0 Å². The third-order valence-corrected chi connectivity index (χ3v) is 8.23. The minimum absolute atomic E-state index is 0.193. The monoisotopic (exact) mass is 426 g/mol. The molecule has 0 saturated carbocycles. The van der Waals surface area contributed by atoms with Crippen molar-refractivity contribution in [3.05, 3.63) is 48.4 Å². The molecular weight excluding hydrogens is 396 g/mol. The lowest BCUT2D eigenvalue weighted by atomic mass is 10.0. The molecule has 28 heavy (non-hydrogen) atoms. The van der Waals surface area contributed by atoms with Crippen molar-refractivity contribution < 1.29 is 17.9 Å². The van der Waals surface area contributed by atoms with Crippen LogP contribution < -0.4 is 0 Å². The lowest BCUT2D eigenvalue weighted by Gasteiger charge is -2.43. The van der Waals surface area contributed by atoms with E-state index < -0.39 is 20.5 Å². The lowest BCUT2D eigenvalue weighted by Crippen LogP contribution is -2.54. The minimum atomic E-state index is -3.68. The van der Waals surface area contributed by atoms with Crippen LogP contribution in [0.3, 0.4) is 0 Å². The first kappa shape index (κ1) is 22.8. The summed E-state index contributed by atoms with van der Waals surface area (Å²) >= 11 is 1.66. The average Bonchev–Trinajstić information content (AvgIpc) is 3.01. The van der Waals surface area contributed by atoms with Gasteiger partial charge in [-0.25, -0.2) is 13.2 Å². The average molecular weight is 427 g/mol. The van der Waals surface area contributed by atoms with E-state index in [1.54, 1.807) is 33.1 Å². The van der Waals surface area contributed by atoms with Gasteiger partial charge in [-0.05, 0) is 45.8 Å². The molecule has 2 aliphatic rings. The van der Waals surface area contributed by atoms with Crippen LogP contribution in [0.25, 0.3) is 0 Å². The van der Waals surface area contributed by atoms with Crippen molar-refractivity contribution in [1.29, 1.82) is 0 Å². The summed E-state index contributed by atoms with van der Waals surface area (Å²) in [5, 5.41) is 0. The second-order valence-corrected chi connectivity index (χ2v) is 11.1. The van der Waals surface area contributed by atoms with Gasteiger partial charge in [0.1, 0.15) is 5.60 Å². The van der Waals surface area contributed by atoms with Gasteiger partial charge in [-0.1, -0.05) is 31.4 Å². The van der Waals surface area contributed by atoms with E-state index in [2.05, 4.69) is 13.2 Å². The van der Waals surface area contributed by atoms with Crippen molar-refractivity contribution in [1.82, 2.24) is 9.21 Å². The van der Waals surface area contributed by atoms with Gasteiger partial charge in [-0.15, -0.1) is 11.8 Å². The zero-order valence-electron chi connectivity index (χ0n) is 16.9. The molecule has 2 aliphatic heterocycles. The van der Waals surface area contributed by atoms with Gasteiger partial charge in [0.25, 0.3) is 0 Å². The quantitative estimate of drug-likeness (QED) is 0.624. The van der Waals surface area contributed by atoms with Crippen LogP contribution in [0.4, 0.5) is 4.79 Å². The van der Waals surface area contributed by atoms with E-state index >= 15 is 0 Å². The number of amides is 1. The molecule has 156 valence electrons. The Hall–Kier alpha value is -1.51. The summed E-state index contributed by atoms with van der Waals surface area (Å²) in [6.45, 7) is 14.1. The van der Waals surface area contributed by atoms with E-state index in [0.717, 1.165) is 5.75 Å². The van der Waals surface area contributed by atoms with Crippen molar-refractivity contribution in [2.75, 3.05) is 25.4 Å². The summed E-state index contributed by atoms with van der Waals surface area (Å²) in [6, 6.07) is 0. The fourth-order valence-electron chi connectivity index (χ4n) is 3.33. The maximum Gasteiger partial charge on any atom is 0.410 e. The number of hydrogen-bond donors (Lipinski definition) is 0. The van der Waals surface area contributed by atoms with Gasteiger partial charge < -0.3 is 9.64 Å². The Kier molecular flexibility index (Phi) is 7.22. The molecule has 0 unspecified atom stereocenters. The Morgan fingerprint density at radius 1 is 1.14 bits per heavy atom. The number of rotatable bonds is 5. The number of carbonyl (C=O) groups excluding carboxylic acids is 1. The fourth-order valence-corrected chi connectivity index (χ4v) is 6.98. The molecule has 1 spiro atoms. The van der Waals surface area contributed by atoms with Crippen LogP contribution >= 0.6 is 11.8 Å². The van der Waals surface area contributed by atoms with Gasteiger partial charge in [0, 0.05) is 25.4 Å². The van der Waals surface area contributed by atoms with E-state index in [9.17, 15) is 13.2 Å². The number of piperidine rings is 1. The van der Waals surface area contributed by atoms with E-state index in [4.69, 9.17) is 4.74 Å². The third-order valence-electron chi connectivity index (χ3n) is 4.58. The fraction of sp³-hybridized carbons (Fsp3) is 0.550. The molecule has 0 aromatic rings. The summed E-state index contributed by atoms with van der Waals surface area (Å²) < 4.78 is 33.7. The molecule has 6 nitrogen and oxygen atoms in total. The molecule has 1 amide bonds. The van der Waals surface area contributed by atoms with Crippen LogP contribution in [-0.2, 0) is 14.8 Å². The number of carbonyl (C=O) groups is 1. The number of thioether (sulfide) groups is 1. The van der Waals surface area contributed by atoms with E-state index in [0.29, 0.717) is 32.5 Å². The Bertz CT molecular complexity index is 771. The highest BCUT2D eigenvalue weighted by Gasteiger charge is 2.50. The SMILES string of the molecule is C=C/C=C\C(=C/C=C)S(=O)(=O)N1CCSC12CCN(C(=O)OC(C)(C)C)CC2. The summed E-state index contributed by atoms with van der Waals surface area (Å²) in [5.74, 6) is 0.734. The van der Waals surface area contributed by atoms with Gasteiger partial charge in [-0.3, -0.25) is 0 Å². The van der Waals surface area contributed by atoms with E-state index in [1.807, 2.05) is 20.8 Å². The minimum Gasteiger partial charge on any atom is -0.444 e. The van der Waals surface area contributed by atoms with Gasteiger partial charge in [0.2, 0.25) is 10.0 Å².